The van der Waals surface area contributed by atoms with E-state index >= 15 is 0 Å². The minimum Gasteiger partial charge on any atom is -0.464 e. The zero-order valence-electron chi connectivity index (χ0n) is 26.6. The molecule has 0 bridgehead atoms. The number of nitrogens with zero attached hydrogens (tertiary/aromatic N) is 5. The quantitative estimate of drug-likeness (QED) is 0.102. The zero-order valence-corrected chi connectivity index (χ0v) is 29.8. The zero-order chi connectivity index (χ0) is 33.9. The van der Waals surface area contributed by atoms with Crippen LogP contribution >= 0.6 is 31.9 Å². The van der Waals surface area contributed by atoms with Gasteiger partial charge in [0.25, 0.3) is 0 Å². The third-order valence-electron chi connectivity index (χ3n) is 8.90. The monoisotopic (exact) mass is 779 g/mol. The molecule has 6 rings (SSSR count). The van der Waals surface area contributed by atoms with Crippen molar-refractivity contribution in [3.05, 3.63) is 69.1 Å². The highest BCUT2D eigenvalue weighted by molar-refractivity contribution is 9.10. The van der Waals surface area contributed by atoms with Crippen LogP contribution in [0.2, 0.25) is 0 Å². The predicted octanol–water partition coefficient (Wildman–Crippen LogP) is 7.14. The fourth-order valence-electron chi connectivity index (χ4n) is 5.95. The first-order valence-corrected chi connectivity index (χ1v) is 17.7. The maximum atomic E-state index is 13.1. The van der Waals surface area contributed by atoms with E-state index in [1.54, 1.807) is 0 Å². The number of carbonyl (C=O) groups is 4. The molecule has 3 unspecified atom stereocenters. The van der Waals surface area contributed by atoms with Gasteiger partial charge in [0, 0.05) is 27.8 Å². The number of rotatable bonds is 13. The van der Waals surface area contributed by atoms with E-state index in [0.29, 0.717) is 52.7 Å². The van der Waals surface area contributed by atoms with Crippen LogP contribution in [0.1, 0.15) is 73.3 Å². The molecule has 2 aromatic heterocycles. The van der Waals surface area contributed by atoms with E-state index in [2.05, 4.69) is 51.8 Å². The molecule has 2 fully saturated rings. The molecule has 1 aliphatic carbocycles. The number of amides is 1. The predicted molar refractivity (Wildman–Crippen MR) is 184 cm³/mol. The van der Waals surface area contributed by atoms with E-state index in [0.717, 1.165) is 15.4 Å². The first-order valence-electron chi connectivity index (χ1n) is 16.1. The number of ketones is 2. The van der Waals surface area contributed by atoms with Gasteiger partial charge >= 0.3 is 12.1 Å². The number of Topliss-reactive ketones (excluding diaryl/α,β-unsaturated/α-hetero) is 2. The lowest BCUT2D eigenvalue weighted by atomic mass is 10.0. The first-order chi connectivity index (χ1) is 23.0. The lowest BCUT2D eigenvalue weighted by Gasteiger charge is -2.26. The van der Waals surface area contributed by atoms with E-state index in [9.17, 15) is 19.2 Å². The van der Waals surface area contributed by atoms with Gasteiger partial charge in [-0.05, 0) is 79.8 Å². The maximum Gasteiger partial charge on any atom is 0.410 e. The number of halogens is 2. The van der Waals surface area contributed by atoms with Crippen molar-refractivity contribution < 1.29 is 28.7 Å². The van der Waals surface area contributed by atoms with Gasteiger partial charge < -0.3 is 9.47 Å². The Morgan fingerprint density at radius 1 is 0.771 bits per heavy atom. The number of esters is 1. The lowest BCUT2D eigenvalue weighted by Crippen LogP contribution is -2.44. The molecule has 5 atom stereocenters. The van der Waals surface area contributed by atoms with Gasteiger partial charge in [0.1, 0.15) is 17.4 Å². The molecule has 1 amide bonds. The van der Waals surface area contributed by atoms with Crippen molar-refractivity contribution in [1.29, 1.82) is 0 Å². The largest absolute Gasteiger partial charge is 0.464 e. The molecule has 1 aliphatic heterocycles. The second-order valence-corrected chi connectivity index (χ2v) is 14.7. The summed E-state index contributed by atoms with van der Waals surface area (Å²) in [7, 11) is 0. The van der Waals surface area contributed by atoms with Crippen molar-refractivity contribution in [2.45, 2.75) is 64.5 Å². The average Bonchev–Trinajstić information content (AvgIpc) is 3.75. The van der Waals surface area contributed by atoms with Crippen molar-refractivity contribution in [2.75, 3.05) is 13.2 Å². The molecule has 0 N–H and O–H groups in total. The number of piperidine rings is 1. The van der Waals surface area contributed by atoms with E-state index in [4.69, 9.17) is 9.47 Å². The number of hydrogen-bond donors (Lipinski definition) is 0. The molecule has 1 saturated heterocycles. The number of hydrogen-bond acceptors (Lipinski definition) is 10. The summed E-state index contributed by atoms with van der Waals surface area (Å²) in [5.41, 5.74) is 3.31. The third-order valence-corrected chi connectivity index (χ3v) is 9.88. The summed E-state index contributed by atoms with van der Waals surface area (Å²) in [4.78, 5) is 70.8. The van der Waals surface area contributed by atoms with Crippen LogP contribution in [0.15, 0.2) is 57.7 Å². The first kappa shape index (κ1) is 34.0. The highest BCUT2D eigenvalue weighted by Crippen LogP contribution is 2.48. The summed E-state index contributed by atoms with van der Waals surface area (Å²) in [5.74, 6) is -0.561. The van der Waals surface area contributed by atoms with Crippen LogP contribution in [0.3, 0.4) is 0 Å². The van der Waals surface area contributed by atoms with E-state index in [1.807, 2.05) is 50.2 Å². The van der Waals surface area contributed by atoms with Crippen molar-refractivity contribution in [3.8, 4) is 0 Å². The number of benzene rings is 2. The molecule has 48 heavy (non-hydrogen) atoms. The second kappa shape index (κ2) is 14.7. The van der Waals surface area contributed by atoms with Gasteiger partial charge in [0.05, 0.1) is 47.7 Å². The molecular formula is C35H35Br2N5O6. The number of carbonyl (C=O) groups excluding carboxylic acids is 4. The van der Waals surface area contributed by atoms with Crippen molar-refractivity contribution in [3.63, 3.8) is 0 Å². The smallest absolute Gasteiger partial charge is 0.410 e. The van der Waals surface area contributed by atoms with Gasteiger partial charge in [-0.2, -0.15) is 0 Å². The van der Waals surface area contributed by atoms with Gasteiger partial charge in [-0.15, -0.1) is 0 Å². The number of aromatic nitrogens is 4. The minimum absolute atomic E-state index is 0.0155. The van der Waals surface area contributed by atoms with Crippen LogP contribution in [0.25, 0.3) is 22.1 Å². The molecule has 13 heteroatoms. The molecule has 0 radical (unpaired) electrons. The summed E-state index contributed by atoms with van der Waals surface area (Å²) >= 11 is 6.81. The Labute approximate surface area is 294 Å². The summed E-state index contributed by atoms with van der Waals surface area (Å²) in [5, 5.41) is 0. The van der Waals surface area contributed by atoms with Crippen molar-refractivity contribution in [2.24, 2.45) is 17.8 Å². The number of ether oxygens (including phenoxy) is 2. The van der Waals surface area contributed by atoms with Crippen LogP contribution < -0.4 is 0 Å². The molecule has 4 aromatic rings. The summed E-state index contributed by atoms with van der Waals surface area (Å²) in [6.45, 7) is 4.10. The van der Waals surface area contributed by atoms with E-state index in [-0.39, 0.29) is 61.4 Å². The lowest BCUT2D eigenvalue weighted by molar-refractivity contribution is -0.150. The van der Waals surface area contributed by atoms with Gasteiger partial charge in [0.2, 0.25) is 0 Å². The summed E-state index contributed by atoms with van der Waals surface area (Å²) in [6.07, 6.45) is 5.36. The van der Waals surface area contributed by atoms with Crippen LogP contribution in [-0.4, -0.2) is 73.8 Å². The average molecular weight is 782 g/mol. The van der Waals surface area contributed by atoms with Crippen LogP contribution in [0, 0.1) is 17.8 Å². The fraction of sp³-hybridized carbons (Fsp3) is 0.429. The highest BCUT2D eigenvalue weighted by Gasteiger charge is 2.57. The summed E-state index contributed by atoms with van der Waals surface area (Å²) < 4.78 is 13.0. The van der Waals surface area contributed by atoms with Gasteiger partial charge in [-0.1, -0.05) is 45.7 Å². The molecule has 0 spiro atoms. The van der Waals surface area contributed by atoms with Crippen molar-refractivity contribution >= 4 is 77.6 Å². The maximum absolute atomic E-state index is 13.1. The van der Waals surface area contributed by atoms with Gasteiger partial charge in [-0.3, -0.25) is 24.5 Å². The topological polar surface area (TPSA) is 142 Å². The van der Waals surface area contributed by atoms with Crippen LogP contribution in [-0.2, 0) is 14.3 Å². The molecule has 3 heterocycles. The van der Waals surface area contributed by atoms with Crippen molar-refractivity contribution in [1.82, 2.24) is 24.8 Å². The SMILES string of the molecule is C[C@@H](CCC(=O)c1cnc2cc(Br)ccc2n1)COC(=O)C1CC2CC2N1C(=O)OC[C@@H](C)CCC(=O)c1cnc2cc(Br)ccc2n1. The molecule has 1 saturated carbocycles. The van der Waals surface area contributed by atoms with Gasteiger partial charge in [0.15, 0.2) is 11.6 Å². The van der Waals surface area contributed by atoms with Crippen LogP contribution in [0.4, 0.5) is 4.79 Å². The standard InChI is InChI=1S/C35H35Br2N5O6/c1-19(3-9-32(43)28-15-38-26-13-22(36)5-7-24(26)40-28)17-47-34(45)31-12-21-11-30(21)42(31)35(46)48-18-20(2)4-10-33(44)29-16-39-27-14-23(37)6-8-25(27)41-29/h5-8,13-16,19-21,30-31H,3-4,9-12,17-18H2,1-2H3/t19-,20-,21?,30?,31?/m0/s1. The molecule has 11 nitrogen and oxygen atoms in total. The number of fused-ring (bicyclic) bond motifs is 3. The Kier molecular flexibility index (Phi) is 10.4. The molecule has 2 aliphatic rings. The van der Waals surface area contributed by atoms with E-state index in [1.165, 1.54) is 17.3 Å². The normalized spacial score (nSPS) is 19.5. The molecular weight excluding hydrogens is 746 g/mol. The Balaban J connectivity index is 0.929. The Morgan fingerprint density at radius 2 is 1.29 bits per heavy atom. The molecule has 250 valence electrons. The summed E-state index contributed by atoms with van der Waals surface area (Å²) in [6, 6.07) is 10.3. The van der Waals surface area contributed by atoms with Gasteiger partial charge in [-0.25, -0.2) is 19.6 Å². The Hall–Kier alpha value is -3.84. The minimum atomic E-state index is -0.688. The van der Waals surface area contributed by atoms with E-state index < -0.39 is 18.1 Å². The highest BCUT2D eigenvalue weighted by atomic mass is 79.9. The third kappa shape index (κ3) is 8.06. The fourth-order valence-corrected chi connectivity index (χ4v) is 6.65. The van der Waals surface area contributed by atoms with Crippen LogP contribution in [0.5, 0.6) is 0 Å². The second-order valence-electron chi connectivity index (χ2n) is 12.8. The Morgan fingerprint density at radius 3 is 1.83 bits per heavy atom. The number of likely N-dealkylation sites (tertiary alicyclic amines) is 1. The molecule has 2 aromatic carbocycles. The Bertz CT molecular complexity index is 1890.